The number of hydrogen-bond acceptors (Lipinski definition) is 2. The fourth-order valence-corrected chi connectivity index (χ4v) is 2.14. The average Bonchev–Trinajstić information content (AvgIpc) is 2.67. The molecule has 2 atom stereocenters. The minimum absolute atomic E-state index is 0.114. The summed E-state index contributed by atoms with van der Waals surface area (Å²) in [4.78, 5) is 11.0. The predicted molar refractivity (Wildman–Crippen MR) is 58.0 cm³/mol. The van der Waals surface area contributed by atoms with Gasteiger partial charge in [-0.3, -0.25) is 4.79 Å². The molecule has 3 heteroatoms. The van der Waals surface area contributed by atoms with Crippen LogP contribution in [0.1, 0.15) is 23.5 Å². The van der Waals surface area contributed by atoms with Gasteiger partial charge in [0.15, 0.2) is 0 Å². The first-order chi connectivity index (χ1) is 7.18. The van der Waals surface area contributed by atoms with Gasteiger partial charge in [-0.25, -0.2) is 0 Å². The second kappa shape index (κ2) is 4.03. The summed E-state index contributed by atoms with van der Waals surface area (Å²) in [5.74, 6) is -0.638. The fourth-order valence-electron chi connectivity index (χ4n) is 2.14. The maximum Gasteiger partial charge on any atom is 0.321 e. The summed E-state index contributed by atoms with van der Waals surface area (Å²) in [7, 11) is 0. The van der Waals surface area contributed by atoms with E-state index in [0.29, 0.717) is 0 Å². The molecule has 0 unspecified atom stereocenters. The van der Waals surface area contributed by atoms with Crippen LogP contribution < -0.4 is 5.32 Å². The number of aryl methyl sites for hydroxylation is 1. The molecule has 0 bridgehead atoms. The van der Waals surface area contributed by atoms with Crippen LogP contribution in [-0.4, -0.2) is 23.7 Å². The van der Waals surface area contributed by atoms with Gasteiger partial charge < -0.3 is 10.4 Å². The molecular formula is C12H15NO2. The standard InChI is InChI=1S/C12H15NO2/c1-8-2-4-9(5-3-8)10-6-7-13-11(10)12(14)15/h2-5,10-11,13H,6-7H2,1H3,(H,14,15)/t10-,11-/m1/s1. The molecule has 0 aliphatic carbocycles. The summed E-state index contributed by atoms with van der Waals surface area (Å²) < 4.78 is 0. The number of carbonyl (C=O) groups is 1. The SMILES string of the molecule is Cc1ccc([C@H]2CCN[C@H]2C(=O)O)cc1. The van der Waals surface area contributed by atoms with Crippen LogP contribution in [0.15, 0.2) is 24.3 Å². The van der Waals surface area contributed by atoms with Crippen molar-refractivity contribution >= 4 is 5.97 Å². The van der Waals surface area contributed by atoms with Gasteiger partial charge in [-0.2, -0.15) is 0 Å². The Labute approximate surface area is 89.1 Å². The molecule has 1 aliphatic heterocycles. The fraction of sp³-hybridized carbons (Fsp3) is 0.417. The molecule has 0 radical (unpaired) electrons. The van der Waals surface area contributed by atoms with Crippen LogP contribution >= 0.6 is 0 Å². The third-order valence-corrected chi connectivity index (χ3v) is 2.99. The van der Waals surface area contributed by atoms with Crippen LogP contribution in [0, 0.1) is 6.92 Å². The van der Waals surface area contributed by atoms with Crippen molar-refractivity contribution in [3.8, 4) is 0 Å². The van der Waals surface area contributed by atoms with E-state index in [0.717, 1.165) is 18.5 Å². The highest BCUT2D eigenvalue weighted by molar-refractivity contribution is 5.75. The second-order valence-electron chi connectivity index (χ2n) is 4.08. The van der Waals surface area contributed by atoms with Crippen molar-refractivity contribution in [1.82, 2.24) is 5.32 Å². The molecule has 80 valence electrons. The first-order valence-electron chi connectivity index (χ1n) is 5.21. The molecule has 0 aromatic heterocycles. The maximum absolute atomic E-state index is 11.0. The van der Waals surface area contributed by atoms with Gasteiger partial charge in [0.1, 0.15) is 6.04 Å². The van der Waals surface area contributed by atoms with Crippen LogP contribution in [0.4, 0.5) is 0 Å². The number of benzene rings is 1. The first-order valence-corrected chi connectivity index (χ1v) is 5.21. The number of rotatable bonds is 2. The molecule has 0 spiro atoms. The van der Waals surface area contributed by atoms with Crippen molar-refractivity contribution in [3.05, 3.63) is 35.4 Å². The topological polar surface area (TPSA) is 49.3 Å². The zero-order valence-corrected chi connectivity index (χ0v) is 8.73. The monoisotopic (exact) mass is 205 g/mol. The molecular weight excluding hydrogens is 190 g/mol. The van der Waals surface area contributed by atoms with Crippen molar-refractivity contribution < 1.29 is 9.90 Å². The molecule has 1 aromatic rings. The molecule has 15 heavy (non-hydrogen) atoms. The van der Waals surface area contributed by atoms with E-state index in [1.807, 2.05) is 31.2 Å². The van der Waals surface area contributed by atoms with Crippen molar-refractivity contribution in [2.45, 2.75) is 25.3 Å². The Kier molecular flexibility index (Phi) is 2.73. The van der Waals surface area contributed by atoms with Gasteiger partial charge >= 0.3 is 5.97 Å². The van der Waals surface area contributed by atoms with E-state index in [-0.39, 0.29) is 5.92 Å². The molecule has 2 rings (SSSR count). The summed E-state index contributed by atoms with van der Waals surface area (Å²) in [6.45, 7) is 2.82. The van der Waals surface area contributed by atoms with Crippen LogP contribution in [0.2, 0.25) is 0 Å². The third-order valence-electron chi connectivity index (χ3n) is 2.99. The average molecular weight is 205 g/mol. The highest BCUT2D eigenvalue weighted by atomic mass is 16.4. The van der Waals surface area contributed by atoms with E-state index in [4.69, 9.17) is 5.11 Å². The Balaban J connectivity index is 2.22. The zero-order chi connectivity index (χ0) is 10.8. The lowest BCUT2D eigenvalue weighted by atomic mass is 9.91. The van der Waals surface area contributed by atoms with Crippen LogP contribution in [0.25, 0.3) is 0 Å². The normalized spacial score (nSPS) is 25.4. The predicted octanol–water partition coefficient (Wildman–Crippen LogP) is 1.53. The van der Waals surface area contributed by atoms with E-state index in [9.17, 15) is 4.79 Å². The summed E-state index contributed by atoms with van der Waals surface area (Å²) in [5, 5.41) is 12.1. The lowest BCUT2D eigenvalue weighted by molar-refractivity contribution is -0.139. The van der Waals surface area contributed by atoms with E-state index in [1.165, 1.54) is 5.56 Å². The Morgan fingerprint density at radius 1 is 1.40 bits per heavy atom. The molecule has 1 aromatic carbocycles. The van der Waals surface area contributed by atoms with Gasteiger partial charge in [0.05, 0.1) is 0 Å². The minimum atomic E-state index is -0.752. The van der Waals surface area contributed by atoms with Crippen LogP contribution in [0.5, 0.6) is 0 Å². The highest BCUT2D eigenvalue weighted by Gasteiger charge is 2.33. The van der Waals surface area contributed by atoms with Gasteiger partial charge in [0.25, 0.3) is 0 Å². The Bertz CT molecular complexity index is 358. The summed E-state index contributed by atoms with van der Waals surface area (Å²) in [6.07, 6.45) is 0.903. The molecule has 0 amide bonds. The quantitative estimate of drug-likeness (QED) is 0.769. The Hall–Kier alpha value is -1.35. The lowest BCUT2D eigenvalue weighted by Gasteiger charge is -2.15. The maximum atomic E-state index is 11.0. The molecule has 1 fully saturated rings. The number of carboxylic acid groups (broad SMARTS) is 1. The van der Waals surface area contributed by atoms with E-state index < -0.39 is 12.0 Å². The minimum Gasteiger partial charge on any atom is -0.480 e. The molecule has 1 aliphatic rings. The van der Waals surface area contributed by atoms with Gasteiger partial charge in [0.2, 0.25) is 0 Å². The van der Waals surface area contributed by atoms with Gasteiger partial charge in [0, 0.05) is 5.92 Å². The first kappa shape index (κ1) is 10.2. The van der Waals surface area contributed by atoms with Crippen molar-refractivity contribution in [1.29, 1.82) is 0 Å². The smallest absolute Gasteiger partial charge is 0.321 e. The summed E-state index contributed by atoms with van der Waals surface area (Å²) in [5.41, 5.74) is 2.33. The molecule has 0 saturated carbocycles. The van der Waals surface area contributed by atoms with E-state index >= 15 is 0 Å². The van der Waals surface area contributed by atoms with Gasteiger partial charge in [-0.05, 0) is 25.5 Å². The lowest BCUT2D eigenvalue weighted by Crippen LogP contribution is -2.34. The number of hydrogen-bond donors (Lipinski definition) is 2. The Morgan fingerprint density at radius 3 is 2.67 bits per heavy atom. The highest BCUT2D eigenvalue weighted by Crippen LogP contribution is 2.27. The summed E-state index contributed by atoms with van der Waals surface area (Å²) >= 11 is 0. The molecule has 3 nitrogen and oxygen atoms in total. The molecule has 1 saturated heterocycles. The van der Waals surface area contributed by atoms with E-state index in [1.54, 1.807) is 0 Å². The van der Waals surface area contributed by atoms with Crippen molar-refractivity contribution in [2.75, 3.05) is 6.54 Å². The van der Waals surface area contributed by atoms with Crippen LogP contribution in [-0.2, 0) is 4.79 Å². The Morgan fingerprint density at radius 2 is 2.07 bits per heavy atom. The molecule has 1 heterocycles. The van der Waals surface area contributed by atoms with Gasteiger partial charge in [-0.1, -0.05) is 29.8 Å². The van der Waals surface area contributed by atoms with Crippen molar-refractivity contribution in [3.63, 3.8) is 0 Å². The third kappa shape index (κ3) is 2.02. The van der Waals surface area contributed by atoms with Gasteiger partial charge in [-0.15, -0.1) is 0 Å². The number of aliphatic carboxylic acids is 1. The number of nitrogens with one attached hydrogen (secondary N) is 1. The van der Waals surface area contributed by atoms with Crippen molar-refractivity contribution in [2.24, 2.45) is 0 Å². The number of carboxylic acids is 1. The zero-order valence-electron chi connectivity index (χ0n) is 8.73. The largest absolute Gasteiger partial charge is 0.480 e. The summed E-state index contributed by atoms with van der Waals surface area (Å²) in [6, 6.07) is 7.71. The van der Waals surface area contributed by atoms with E-state index in [2.05, 4.69) is 5.32 Å². The van der Waals surface area contributed by atoms with Crippen LogP contribution in [0.3, 0.4) is 0 Å². The second-order valence-corrected chi connectivity index (χ2v) is 4.08. The molecule has 2 N–H and O–H groups in total.